The summed E-state index contributed by atoms with van der Waals surface area (Å²) >= 11 is 8.58. The fourth-order valence-electron chi connectivity index (χ4n) is 1.45. The number of halogens is 1. The lowest BCUT2D eigenvalue weighted by atomic mass is 10.2. The normalized spacial score (nSPS) is 11.5. The first-order valence-corrected chi connectivity index (χ1v) is 9.53. The molecule has 20 heavy (non-hydrogen) atoms. The zero-order valence-electron chi connectivity index (χ0n) is 10.5. The van der Waals surface area contributed by atoms with Gasteiger partial charge in [-0.05, 0) is 23.4 Å². The Morgan fingerprint density at radius 2 is 2.20 bits per heavy atom. The Balaban J connectivity index is 2.06. The summed E-state index contributed by atoms with van der Waals surface area (Å²) in [6.07, 6.45) is 0. The molecule has 0 spiro atoms. The molecule has 1 aromatic heterocycles. The second kappa shape index (κ2) is 6.75. The van der Waals surface area contributed by atoms with Crippen LogP contribution < -0.4 is 4.72 Å². The maximum Gasteiger partial charge on any atom is 0.238 e. The maximum absolute atomic E-state index is 12.0. The molecule has 9 heteroatoms. The van der Waals surface area contributed by atoms with Crippen LogP contribution in [0.2, 0.25) is 5.02 Å². The summed E-state index contributed by atoms with van der Waals surface area (Å²) < 4.78 is 27.2. The van der Waals surface area contributed by atoms with Gasteiger partial charge in [-0.2, -0.15) is 0 Å². The van der Waals surface area contributed by atoms with Gasteiger partial charge in [-0.15, -0.1) is 10.2 Å². The van der Waals surface area contributed by atoms with Gasteiger partial charge in [0.1, 0.15) is 0 Å². The molecule has 0 aliphatic heterocycles. The van der Waals surface area contributed by atoms with Crippen LogP contribution in [0.15, 0.2) is 28.6 Å². The van der Waals surface area contributed by atoms with Crippen molar-refractivity contribution < 1.29 is 8.42 Å². The summed E-state index contributed by atoms with van der Waals surface area (Å²) in [7, 11) is -3.52. The Hall–Kier alpha value is -0.830. The molecule has 5 nitrogen and oxygen atoms in total. The molecule has 0 fully saturated rings. The van der Waals surface area contributed by atoms with E-state index >= 15 is 0 Å². The molecule has 0 bridgehead atoms. The highest BCUT2D eigenvalue weighted by Gasteiger charge is 2.15. The number of benzene rings is 1. The molecule has 108 valence electrons. The van der Waals surface area contributed by atoms with Crippen LogP contribution in [0.1, 0.15) is 12.5 Å². The van der Waals surface area contributed by atoms with Crippen LogP contribution in [0.5, 0.6) is 0 Å². The molecule has 0 atom stereocenters. The van der Waals surface area contributed by atoms with Crippen LogP contribution in [0.3, 0.4) is 0 Å². The van der Waals surface area contributed by atoms with Crippen LogP contribution in [0.4, 0.5) is 5.13 Å². The second-order valence-corrected chi connectivity index (χ2v) is 8.44. The average Bonchev–Trinajstić information content (AvgIpc) is 2.75. The van der Waals surface area contributed by atoms with Gasteiger partial charge in [0.15, 0.2) is 4.34 Å². The minimum absolute atomic E-state index is 0.149. The number of thioether (sulfide) groups is 1. The van der Waals surface area contributed by atoms with Gasteiger partial charge >= 0.3 is 0 Å². The van der Waals surface area contributed by atoms with Crippen LogP contribution in [0.25, 0.3) is 0 Å². The van der Waals surface area contributed by atoms with Gasteiger partial charge in [-0.3, -0.25) is 4.72 Å². The number of nitrogens with zero attached hydrogens (tertiary/aromatic N) is 2. The van der Waals surface area contributed by atoms with Crippen molar-refractivity contribution in [3.05, 3.63) is 34.9 Å². The van der Waals surface area contributed by atoms with Crippen molar-refractivity contribution in [2.75, 3.05) is 10.5 Å². The number of hydrogen-bond donors (Lipinski definition) is 1. The van der Waals surface area contributed by atoms with E-state index in [1.165, 1.54) is 23.1 Å². The molecule has 1 N–H and O–H groups in total. The fraction of sp³-hybridized carbons (Fsp3) is 0.273. The molecule has 0 saturated heterocycles. The fourth-order valence-corrected chi connectivity index (χ4v) is 4.71. The predicted molar refractivity (Wildman–Crippen MR) is 84.0 cm³/mol. The highest BCUT2D eigenvalue weighted by Crippen LogP contribution is 2.26. The lowest BCUT2D eigenvalue weighted by molar-refractivity contribution is 0.600. The molecule has 1 heterocycles. The van der Waals surface area contributed by atoms with Gasteiger partial charge in [0, 0.05) is 5.02 Å². The number of nitrogens with one attached hydrogen (secondary N) is 1. The molecule has 0 amide bonds. The first-order valence-electron chi connectivity index (χ1n) is 5.70. The summed E-state index contributed by atoms with van der Waals surface area (Å²) in [5.41, 5.74) is 0.623. The summed E-state index contributed by atoms with van der Waals surface area (Å²) in [6, 6.07) is 6.75. The first kappa shape index (κ1) is 15.6. The van der Waals surface area contributed by atoms with E-state index in [1.54, 1.807) is 24.3 Å². The third-order valence-electron chi connectivity index (χ3n) is 2.16. The SMILES string of the molecule is CCSc1nnc(NS(=O)(=O)Cc2cccc(Cl)c2)s1. The molecule has 1 aromatic carbocycles. The Bertz CT molecular complexity index is 688. The summed E-state index contributed by atoms with van der Waals surface area (Å²) in [5, 5.41) is 8.50. The Kier molecular flexibility index (Phi) is 5.25. The highest BCUT2D eigenvalue weighted by atomic mass is 35.5. The Morgan fingerprint density at radius 3 is 2.90 bits per heavy atom. The van der Waals surface area contributed by atoms with E-state index in [9.17, 15) is 8.42 Å². The van der Waals surface area contributed by atoms with Crippen LogP contribution >= 0.6 is 34.7 Å². The van der Waals surface area contributed by atoms with E-state index in [0.29, 0.717) is 10.6 Å². The number of rotatable bonds is 6. The quantitative estimate of drug-likeness (QED) is 0.810. The average molecular weight is 350 g/mol. The van der Waals surface area contributed by atoms with Gasteiger partial charge in [0.05, 0.1) is 5.75 Å². The van der Waals surface area contributed by atoms with Crippen LogP contribution in [0, 0.1) is 0 Å². The second-order valence-electron chi connectivity index (χ2n) is 3.80. The smallest absolute Gasteiger partial charge is 0.238 e. The largest absolute Gasteiger partial charge is 0.257 e. The van der Waals surface area contributed by atoms with Crippen molar-refractivity contribution in [2.24, 2.45) is 0 Å². The van der Waals surface area contributed by atoms with E-state index in [-0.39, 0.29) is 10.9 Å². The summed E-state index contributed by atoms with van der Waals surface area (Å²) in [4.78, 5) is 0. The molecule has 0 aliphatic carbocycles. The van der Waals surface area contributed by atoms with Crippen molar-refractivity contribution in [2.45, 2.75) is 17.0 Å². The molecule has 0 unspecified atom stereocenters. The van der Waals surface area contributed by atoms with Crippen molar-refractivity contribution in [3.63, 3.8) is 0 Å². The van der Waals surface area contributed by atoms with Gasteiger partial charge in [0.25, 0.3) is 0 Å². The summed E-state index contributed by atoms with van der Waals surface area (Å²) in [5.74, 6) is 0.716. The molecule has 2 rings (SSSR count). The van der Waals surface area contributed by atoms with E-state index in [4.69, 9.17) is 11.6 Å². The minimum atomic E-state index is -3.52. The van der Waals surface area contributed by atoms with Gasteiger partial charge in [-0.25, -0.2) is 8.42 Å². The number of sulfonamides is 1. The third-order valence-corrected chi connectivity index (χ3v) is 5.60. The molecular formula is C11H12ClN3O2S3. The van der Waals surface area contributed by atoms with E-state index in [0.717, 1.165) is 10.1 Å². The van der Waals surface area contributed by atoms with E-state index in [1.807, 2.05) is 6.92 Å². The monoisotopic (exact) mass is 349 g/mol. The number of aromatic nitrogens is 2. The lowest BCUT2D eigenvalue weighted by Gasteiger charge is -2.04. The van der Waals surface area contributed by atoms with E-state index in [2.05, 4.69) is 14.9 Å². The first-order chi connectivity index (χ1) is 9.48. The van der Waals surface area contributed by atoms with Crippen LogP contribution in [-0.4, -0.2) is 24.4 Å². The molecule has 0 saturated carbocycles. The maximum atomic E-state index is 12.0. The molecular weight excluding hydrogens is 338 g/mol. The van der Waals surface area contributed by atoms with Crippen LogP contribution in [-0.2, 0) is 15.8 Å². The van der Waals surface area contributed by atoms with Crippen molar-refractivity contribution >= 4 is 49.9 Å². The Morgan fingerprint density at radius 1 is 1.40 bits per heavy atom. The zero-order chi connectivity index (χ0) is 14.6. The lowest BCUT2D eigenvalue weighted by Crippen LogP contribution is -2.14. The van der Waals surface area contributed by atoms with Gasteiger partial charge in [-0.1, -0.05) is 53.8 Å². The molecule has 2 aromatic rings. The zero-order valence-corrected chi connectivity index (χ0v) is 13.7. The van der Waals surface area contributed by atoms with Crippen molar-refractivity contribution in [3.8, 4) is 0 Å². The molecule has 0 aliphatic rings. The standard InChI is InChI=1S/C11H12ClN3O2S3/c1-2-18-11-14-13-10(19-11)15-20(16,17)7-8-4-3-5-9(12)6-8/h3-6H,2,7H2,1H3,(H,13,15). The topological polar surface area (TPSA) is 72.0 Å². The van der Waals surface area contributed by atoms with E-state index < -0.39 is 10.0 Å². The Labute approximate surface area is 130 Å². The van der Waals surface area contributed by atoms with Gasteiger partial charge in [0.2, 0.25) is 15.2 Å². The third kappa shape index (κ3) is 4.62. The predicted octanol–water partition coefficient (Wildman–Crippen LogP) is 3.25. The minimum Gasteiger partial charge on any atom is -0.257 e. The number of anilines is 1. The summed E-state index contributed by atoms with van der Waals surface area (Å²) in [6.45, 7) is 2.00. The van der Waals surface area contributed by atoms with Gasteiger partial charge < -0.3 is 0 Å². The van der Waals surface area contributed by atoms with Crippen molar-refractivity contribution in [1.29, 1.82) is 0 Å². The number of hydrogen-bond acceptors (Lipinski definition) is 6. The molecule has 0 radical (unpaired) electrons. The van der Waals surface area contributed by atoms with Crippen molar-refractivity contribution in [1.82, 2.24) is 10.2 Å². The highest BCUT2D eigenvalue weighted by molar-refractivity contribution is 8.01.